The molecule has 206 valence electrons. The van der Waals surface area contributed by atoms with Gasteiger partial charge in [-0.25, -0.2) is 4.79 Å². The number of hydrogen-bond acceptors (Lipinski definition) is 4. The van der Waals surface area contributed by atoms with Gasteiger partial charge in [0.1, 0.15) is 0 Å². The van der Waals surface area contributed by atoms with Crippen molar-refractivity contribution in [1.82, 2.24) is 4.57 Å². The molecule has 6 rings (SSSR count). The molecule has 4 aromatic carbocycles. The minimum atomic E-state index is -0.356. The second-order valence-corrected chi connectivity index (χ2v) is 9.86. The highest BCUT2D eigenvalue weighted by Gasteiger charge is 2.30. The lowest BCUT2D eigenvalue weighted by atomic mass is 10.0. The third kappa shape index (κ3) is 5.06. The molecule has 1 aliphatic rings. The molecule has 2 heterocycles. The van der Waals surface area contributed by atoms with Crippen molar-refractivity contribution in [3.05, 3.63) is 138 Å². The van der Waals surface area contributed by atoms with E-state index in [0.29, 0.717) is 23.5 Å². The van der Waals surface area contributed by atoms with Gasteiger partial charge in [0.05, 0.1) is 40.5 Å². The molecule has 0 radical (unpaired) electrons. The summed E-state index contributed by atoms with van der Waals surface area (Å²) < 4.78 is 7.37. The number of hydrogen-bond donors (Lipinski definition) is 0. The van der Waals surface area contributed by atoms with Gasteiger partial charge in [-0.2, -0.15) is 10.1 Å². The Labute approximate surface area is 244 Å². The zero-order valence-corrected chi connectivity index (χ0v) is 23.4. The number of carbonyl (C=O) groups excluding carboxylic acids is 2. The fraction of sp³-hybridized carbons (Fsp3) is 0.0833. The molecule has 0 N–H and O–H groups in total. The molecule has 1 amide bonds. The largest absolute Gasteiger partial charge is 0.462 e. The number of ether oxygens (including phenoxy) is 1. The fourth-order valence-electron chi connectivity index (χ4n) is 5.17. The molecule has 0 atom stereocenters. The van der Waals surface area contributed by atoms with E-state index in [9.17, 15) is 9.59 Å². The van der Waals surface area contributed by atoms with Crippen molar-refractivity contribution < 1.29 is 14.3 Å². The molecule has 1 aromatic heterocycles. The molecule has 5 aromatic rings. The third-order valence-electron chi connectivity index (χ3n) is 7.15. The number of hydrazone groups is 1. The van der Waals surface area contributed by atoms with Gasteiger partial charge in [-0.3, -0.25) is 4.79 Å². The van der Waals surface area contributed by atoms with Crippen LogP contribution in [0.15, 0.2) is 132 Å². The molecular formula is C36H29N3O3. The van der Waals surface area contributed by atoms with Gasteiger partial charge in [-0.1, -0.05) is 78.9 Å². The van der Waals surface area contributed by atoms with Crippen LogP contribution in [0.25, 0.3) is 34.3 Å². The first-order valence-corrected chi connectivity index (χ1v) is 13.9. The Hall–Kier alpha value is -5.49. The number of amides is 1. The lowest BCUT2D eigenvalue weighted by Gasteiger charge is -2.16. The van der Waals surface area contributed by atoms with E-state index in [2.05, 4.69) is 40.0 Å². The van der Waals surface area contributed by atoms with Crippen LogP contribution in [0, 0.1) is 0 Å². The quantitative estimate of drug-likeness (QED) is 0.153. The summed E-state index contributed by atoms with van der Waals surface area (Å²) in [5.74, 6) is -0.531. The van der Waals surface area contributed by atoms with Crippen molar-refractivity contribution in [2.45, 2.75) is 13.8 Å². The summed E-state index contributed by atoms with van der Waals surface area (Å²) in [6.45, 7) is 3.97. The molecular weight excluding hydrogens is 522 g/mol. The van der Waals surface area contributed by atoms with Crippen molar-refractivity contribution in [1.29, 1.82) is 0 Å². The standard InChI is InChI=1S/C36H29N3O3/c1-3-42-36(41)28-19-21-30(22-20-28)38-33(26-13-7-4-8-14-26)24-29(34(38)27-15-9-5-10-16-27)23-32-25(2)37-39(35(32)40)31-17-11-6-12-18-31/h4-24H,3H2,1-2H3. The van der Waals surface area contributed by atoms with E-state index in [0.717, 1.165) is 39.5 Å². The molecule has 0 aliphatic carbocycles. The summed E-state index contributed by atoms with van der Waals surface area (Å²) in [5.41, 5.74) is 8.02. The van der Waals surface area contributed by atoms with Crippen LogP contribution in [0.2, 0.25) is 0 Å². The molecule has 6 heteroatoms. The molecule has 0 fully saturated rings. The fourth-order valence-corrected chi connectivity index (χ4v) is 5.17. The number of aromatic nitrogens is 1. The van der Waals surface area contributed by atoms with Crippen LogP contribution in [0.5, 0.6) is 0 Å². The maximum Gasteiger partial charge on any atom is 0.338 e. The molecule has 0 unspecified atom stereocenters. The van der Waals surface area contributed by atoms with Crippen LogP contribution < -0.4 is 5.01 Å². The Kier molecular flexibility index (Phi) is 7.35. The van der Waals surface area contributed by atoms with Crippen LogP contribution in [-0.4, -0.2) is 28.8 Å². The molecule has 0 spiro atoms. The van der Waals surface area contributed by atoms with Gasteiger partial charge >= 0.3 is 5.97 Å². The normalized spacial score (nSPS) is 13.9. The maximum atomic E-state index is 13.6. The predicted molar refractivity (Wildman–Crippen MR) is 168 cm³/mol. The molecule has 0 saturated carbocycles. The monoisotopic (exact) mass is 551 g/mol. The highest BCUT2D eigenvalue weighted by Crippen LogP contribution is 2.38. The van der Waals surface area contributed by atoms with Crippen molar-refractivity contribution >= 4 is 29.4 Å². The number of benzene rings is 4. The van der Waals surface area contributed by atoms with Gasteiger partial charge in [0, 0.05) is 11.3 Å². The van der Waals surface area contributed by atoms with Crippen LogP contribution in [0.1, 0.15) is 29.8 Å². The highest BCUT2D eigenvalue weighted by molar-refractivity contribution is 6.32. The summed E-state index contributed by atoms with van der Waals surface area (Å²) in [7, 11) is 0. The minimum Gasteiger partial charge on any atom is -0.462 e. The third-order valence-corrected chi connectivity index (χ3v) is 7.15. The summed E-state index contributed by atoms with van der Waals surface area (Å²) in [6, 6.07) is 39.2. The van der Waals surface area contributed by atoms with Crippen LogP contribution >= 0.6 is 0 Å². The SMILES string of the molecule is CCOC(=O)c1ccc(-n2c(-c3ccccc3)cc(C=C3C(=O)N(c4ccccc4)N=C3C)c2-c2ccccc2)cc1. The average molecular weight is 552 g/mol. The number of rotatable bonds is 7. The number of anilines is 1. The van der Waals surface area contributed by atoms with Gasteiger partial charge in [-0.05, 0) is 73.5 Å². The first kappa shape index (κ1) is 26.7. The predicted octanol–water partition coefficient (Wildman–Crippen LogP) is 7.79. The number of esters is 1. The summed E-state index contributed by atoms with van der Waals surface area (Å²) >= 11 is 0. The number of para-hydroxylation sites is 1. The van der Waals surface area contributed by atoms with E-state index in [4.69, 9.17) is 4.74 Å². The minimum absolute atomic E-state index is 0.175. The van der Waals surface area contributed by atoms with E-state index < -0.39 is 0 Å². The Bertz CT molecular complexity index is 1800. The summed E-state index contributed by atoms with van der Waals surface area (Å²) in [4.78, 5) is 26.0. The number of carbonyl (C=O) groups is 2. The molecule has 6 nitrogen and oxygen atoms in total. The lowest BCUT2D eigenvalue weighted by Crippen LogP contribution is -2.21. The Morgan fingerprint density at radius 1 is 0.786 bits per heavy atom. The average Bonchev–Trinajstić information content (AvgIpc) is 3.55. The van der Waals surface area contributed by atoms with Gasteiger partial charge in [0.25, 0.3) is 5.91 Å². The topological polar surface area (TPSA) is 63.9 Å². The van der Waals surface area contributed by atoms with E-state index in [1.165, 1.54) is 5.01 Å². The maximum absolute atomic E-state index is 13.6. The highest BCUT2D eigenvalue weighted by atomic mass is 16.5. The van der Waals surface area contributed by atoms with E-state index >= 15 is 0 Å². The summed E-state index contributed by atoms with van der Waals surface area (Å²) in [6.07, 6.45) is 1.93. The van der Waals surface area contributed by atoms with E-state index in [1.807, 2.05) is 91.9 Å². The zero-order valence-electron chi connectivity index (χ0n) is 23.4. The zero-order chi connectivity index (χ0) is 29.1. The first-order chi connectivity index (χ1) is 20.5. The molecule has 0 bridgehead atoms. The second kappa shape index (κ2) is 11.6. The first-order valence-electron chi connectivity index (χ1n) is 13.9. The Balaban J connectivity index is 1.55. The molecule has 42 heavy (non-hydrogen) atoms. The van der Waals surface area contributed by atoms with Crippen molar-refractivity contribution in [2.24, 2.45) is 5.10 Å². The van der Waals surface area contributed by atoms with E-state index in [1.54, 1.807) is 19.1 Å². The Morgan fingerprint density at radius 3 is 2.00 bits per heavy atom. The van der Waals surface area contributed by atoms with E-state index in [-0.39, 0.29) is 11.9 Å². The second-order valence-electron chi connectivity index (χ2n) is 9.86. The summed E-state index contributed by atoms with van der Waals surface area (Å²) in [5, 5.41) is 6.04. The van der Waals surface area contributed by atoms with Gasteiger partial charge < -0.3 is 9.30 Å². The smallest absolute Gasteiger partial charge is 0.338 e. The molecule has 0 saturated heterocycles. The van der Waals surface area contributed by atoms with Crippen LogP contribution in [0.3, 0.4) is 0 Å². The lowest BCUT2D eigenvalue weighted by molar-refractivity contribution is -0.114. The Morgan fingerprint density at radius 2 is 1.38 bits per heavy atom. The van der Waals surface area contributed by atoms with Gasteiger partial charge in [-0.15, -0.1) is 0 Å². The number of nitrogens with zero attached hydrogens (tertiary/aromatic N) is 3. The van der Waals surface area contributed by atoms with Gasteiger partial charge in [0.2, 0.25) is 0 Å². The van der Waals surface area contributed by atoms with Crippen molar-refractivity contribution in [3.63, 3.8) is 0 Å². The van der Waals surface area contributed by atoms with Crippen LogP contribution in [-0.2, 0) is 9.53 Å². The van der Waals surface area contributed by atoms with Crippen LogP contribution in [0.4, 0.5) is 5.69 Å². The van der Waals surface area contributed by atoms with Crippen molar-refractivity contribution in [2.75, 3.05) is 11.6 Å². The molecule has 1 aliphatic heterocycles. The van der Waals surface area contributed by atoms with Crippen molar-refractivity contribution in [3.8, 4) is 28.2 Å². The van der Waals surface area contributed by atoms with Gasteiger partial charge in [0.15, 0.2) is 0 Å².